The average Bonchev–Trinajstić information content (AvgIpc) is 3.97. The standard InChI is InChI=1S/C30H32N6O2.C15H19N3O.2CH4/c1-27(2)20-11-9-16-15-36(35-22(16)29(20,5)13-18(31-7)24(27)37)26-17-10-12-21-28(3,4)25(38)19(32-8)14-30(21,6)23(17)33-34-26;1-14(2)11-6-5-9-8-17-18-12(9)15(11,3)7-10(16-4)13(14)19;;/h13-15,20-21H,9-12H2,1-6H3,(H,33,34);8,11,19H,5-7H2,1-3H3,(H,17,18);2*1H4/t20-,21-,29-,30-;11-,15-;;/m00../s1/i;;1T;. The number of H-pyrrole nitrogens is 2. The van der Waals surface area contributed by atoms with Gasteiger partial charge in [-0.05, 0) is 73.8 Å². The van der Waals surface area contributed by atoms with E-state index in [2.05, 4.69) is 64.4 Å². The van der Waals surface area contributed by atoms with Crippen molar-refractivity contribution in [2.75, 3.05) is 0 Å². The number of allylic oxidation sites excluding steroid dienone is 6. The maximum atomic E-state index is 13.0. The highest BCUT2D eigenvalue weighted by atomic mass is 16.3. The summed E-state index contributed by atoms with van der Waals surface area (Å²) in [6.07, 6.45) is 13.5. The van der Waals surface area contributed by atoms with Crippen LogP contribution in [-0.4, -0.2) is 46.8 Å². The monoisotopic (exact) mass is 799 g/mol. The van der Waals surface area contributed by atoms with E-state index in [0.717, 1.165) is 72.6 Å². The van der Waals surface area contributed by atoms with E-state index >= 15 is 0 Å². The molecule has 59 heavy (non-hydrogen) atoms. The SMILES string of the molecule is C.[3H]C.[C-]#[N+]C1=C(O)C(C)(C)[C@@H]2CCc3cn[nH]c3[C@@]2(C)C1.[C-]#[N+]C1=C[C@]2(C)c3nn(-c4n[nH]c5c4CC[C@H]4C(C)(C)C(=O)C([N+]#[C-])=C[C@]54C)cc3CC[C@H]2C(C)(C)C1=O. The first-order valence-electron chi connectivity index (χ1n) is 21.0. The molecule has 3 aromatic heterocycles. The summed E-state index contributed by atoms with van der Waals surface area (Å²) in [5, 5.41) is 30.8. The quantitative estimate of drug-likeness (QED) is 0.209. The molecule has 0 bridgehead atoms. The number of hydrogen-bond donors (Lipinski definition) is 3. The molecule has 0 aliphatic heterocycles. The number of aromatic amines is 2. The number of aliphatic hydroxyl groups is 1. The molecule has 12 nitrogen and oxygen atoms in total. The normalized spacial score (nSPS) is 31.5. The highest BCUT2D eigenvalue weighted by Crippen LogP contribution is 2.59. The van der Waals surface area contributed by atoms with E-state index in [1.54, 1.807) is 0 Å². The number of nitrogens with zero attached hydrogens (tertiary/aromatic N) is 7. The van der Waals surface area contributed by atoms with Gasteiger partial charge in [0.1, 0.15) is 5.76 Å². The second-order valence-corrected chi connectivity index (χ2v) is 19.6. The van der Waals surface area contributed by atoms with Crippen LogP contribution >= 0.6 is 0 Å². The smallest absolute Gasteiger partial charge is 0.226 e. The van der Waals surface area contributed by atoms with E-state index < -0.39 is 21.7 Å². The number of hydrogen-bond acceptors (Lipinski definition) is 6. The lowest BCUT2D eigenvalue weighted by Crippen LogP contribution is -2.51. The summed E-state index contributed by atoms with van der Waals surface area (Å²) in [6, 6.07) is 0. The number of aromatic nitrogens is 6. The molecule has 9 rings (SSSR count). The van der Waals surface area contributed by atoms with Crippen molar-refractivity contribution in [3.8, 4) is 5.82 Å². The Hall–Kier alpha value is -5.54. The Morgan fingerprint density at radius 2 is 1.32 bits per heavy atom. The van der Waals surface area contributed by atoms with Crippen molar-refractivity contribution in [2.24, 2.45) is 34.0 Å². The van der Waals surface area contributed by atoms with Crippen LogP contribution in [0.5, 0.6) is 0 Å². The maximum absolute atomic E-state index is 13.0. The number of rotatable bonds is 1. The lowest BCUT2D eigenvalue weighted by atomic mass is 9.53. The second-order valence-electron chi connectivity index (χ2n) is 19.6. The van der Waals surface area contributed by atoms with E-state index in [1.165, 1.54) is 13.0 Å². The largest absolute Gasteiger partial charge is 0.523 e. The summed E-state index contributed by atoms with van der Waals surface area (Å²) in [4.78, 5) is 36.8. The number of carbonyl (C=O) groups excluding carboxylic acids is 2. The zero-order chi connectivity index (χ0) is 43.2. The number of carbonyl (C=O) groups is 2. The molecule has 0 radical (unpaired) electrons. The summed E-state index contributed by atoms with van der Waals surface area (Å²) in [6.45, 7) is 40.9. The maximum Gasteiger partial charge on any atom is 0.226 e. The number of Topliss-reactive ketones (excluding diaryl/α,β-unsaturated/α-hetero) is 2. The van der Waals surface area contributed by atoms with Gasteiger partial charge in [-0.2, -0.15) is 15.3 Å². The van der Waals surface area contributed by atoms with Crippen LogP contribution in [0.25, 0.3) is 20.4 Å². The Kier molecular flexibility index (Phi) is 9.71. The number of fused-ring (bicyclic) bond motifs is 9. The molecule has 310 valence electrons. The van der Waals surface area contributed by atoms with Crippen molar-refractivity contribution < 1.29 is 16.1 Å². The zero-order valence-electron chi connectivity index (χ0n) is 36.4. The Morgan fingerprint density at radius 3 is 1.93 bits per heavy atom. The minimum Gasteiger partial charge on any atom is -0.523 e. The molecular weight excluding hydrogens is 739 g/mol. The molecule has 0 saturated carbocycles. The summed E-state index contributed by atoms with van der Waals surface area (Å²) >= 11 is 0. The minimum absolute atomic E-state index is 0. The van der Waals surface area contributed by atoms with Crippen molar-refractivity contribution in [1.29, 1.82) is 0 Å². The highest BCUT2D eigenvalue weighted by molar-refractivity contribution is 6.03. The van der Waals surface area contributed by atoms with Gasteiger partial charge in [0.15, 0.2) is 17.4 Å². The summed E-state index contributed by atoms with van der Waals surface area (Å²) in [7, 11) is 1.25. The van der Waals surface area contributed by atoms with Crippen LogP contribution in [-0.2, 0) is 45.1 Å². The lowest BCUT2D eigenvalue weighted by molar-refractivity contribution is -0.129. The summed E-state index contributed by atoms with van der Waals surface area (Å²) in [5.41, 5.74) is 4.56. The predicted octanol–water partition coefficient (Wildman–Crippen LogP) is 9.68. The average molecular weight is 800 g/mol. The van der Waals surface area contributed by atoms with Crippen LogP contribution in [0.4, 0.5) is 0 Å². The van der Waals surface area contributed by atoms with E-state index in [0.29, 0.717) is 18.0 Å². The van der Waals surface area contributed by atoms with Gasteiger partial charge in [-0.25, -0.2) is 19.2 Å². The van der Waals surface area contributed by atoms with Gasteiger partial charge >= 0.3 is 0 Å². The van der Waals surface area contributed by atoms with E-state index in [-0.39, 0.29) is 58.8 Å². The van der Waals surface area contributed by atoms with E-state index in [9.17, 15) is 14.7 Å². The first kappa shape index (κ1) is 41.6. The van der Waals surface area contributed by atoms with Gasteiger partial charge in [0.2, 0.25) is 17.1 Å². The van der Waals surface area contributed by atoms with Crippen LogP contribution in [0, 0.1) is 53.7 Å². The molecule has 12 heteroatoms. The van der Waals surface area contributed by atoms with E-state index in [4.69, 9.17) is 31.3 Å². The molecule has 0 saturated heterocycles. The molecule has 6 atom stereocenters. The van der Waals surface area contributed by atoms with Gasteiger partial charge in [-0.15, -0.1) is 0 Å². The van der Waals surface area contributed by atoms with Crippen LogP contribution in [0.3, 0.4) is 0 Å². The fourth-order valence-electron chi connectivity index (χ4n) is 12.5. The molecule has 3 aromatic rings. The number of nitrogens with one attached hydrogen (secondary N) is 2. The lowest BCUT2D eigenvalue weighted by Gasteiger charge is -2.52. The molecule has 6 aliphatic rings. The minimum atomic E-state index is -0.641. The topological polar surface area (TPSA) is 143 Å². The molecule has 3 heterocycles. The molecular formula is C47H59N9O3. The van der Waals surface area contributed by atoms with Crippen molar-refractivity contribution in [1.82, 2.24) is 30.2 Å². The van der Waals surface area contributed by atoms with Crippen molar-refractivity contribution in [2.45, 2.75) is 138 Å². The third-order valence-corrected chi connectivity index (χ3v) is 15.4. The molecule has 0 unspecified atom stereocenters. The third kappa shape index (κ3) is 5.67. The Bertz CT molecular complexity index is 2510. The first-order valence-corrected chi connectivity index (χ1v) is 20.0. The van der Waals surface area contributed by atoms with E-state index in [1.807, 2.05) is 56.9 Å². The molecule has 3 N–H and O–H groups in total. The van der Waals surface area contributed by atoms with Gasteiger partial charge in [-0.3, -0.25) is 10.2 Å². The fraction of sp³-hybridized carbons (Fsp3) is 0.574. The van der Waals surface area contributed by atoms with Crippen molar-refractivity contribution >= 4 is 11.6 Å². The van der Waals surface area contributed by atoms with Crippen LogP contribution in [0.2, 0.25) is 0 Å². The van der Waals surface area contributed by atoms with Crippen LogP contribution in [0.1, 0.15) is 138 Å². The predicted molar refractivity (Wildman–Crippen MR) is 227 cm³/mol. The van der Waals surface area contributed by atoms with Crippen molar-refractivity contribution in [3.63, 3.8) is 0 Å². The Balaban J connectivity index is 0.000000231. The van der Waals surface area contributed by atoms with Gasteiger partial charge in [-0.1, -0.05) is 89.3 Å². The third-order valence-electron chi connectivity index (χ3n) is 15.4. The zero-order valence-corrected chi connectivity index (χ0v) is 35.4. The van der Waals surface area contributed by atoms with Gasteiger partial charge in [0.05, 0.1) is 31.6 Å². The molecule has 6 aliphatic carbocycles. The summed E-state index contributed by atoms with van der Waals surface area (Å²) < 4.78 is 7.60. The van der Waals surface area contributed by atoms with Gasteiger partial charge in [0, 0.05) is 57.0 Å². The Morgan fingerprint density at radius 1 is 0.763 bits per heavy atom. The number of aryl methyl sites for hydroxylation is 2. The fourth-order valence-corrected chi connectivity index (χ4v) is 12.5. The second kappa shape index (κ2) is 13.8. The summed E-state index contributed by atoms with van der Waals surface area (Å²) in [5.74, 6) is 1.30. The first-order chi connectivity index (χ1) is 27.7. The molecule has 0 amide bonds. The molecule has 0 spiro atoms. The molecule has 0 aromatic carbocycles. The van der Waals surface area contributed by atoms with Gasteiger partial charge < -0.3 is 14.7 Å². The molecule has 0 fully saturated rings. The van der Waals surface area contributed by atoms with Crippen LogP contribution in [0.15, 0.2) is 47.4 Å². The number of aliphatic hydroxyl groups excluding tert-OH is 1. The van der Waals surface area contributed by atoms with Crippen molar-refractivity contribution in [3.05, 3.63) is 115 Å². The van der Waals surface area contributed by atoms with Gasteiger partial charge in [0.25, 0.3) is 0 Å². The number of ketones is 2. The van der Waals surface area contributed by atoms with Crippen LogP contribution < -0.4 is 0 Å². The Labute approximate surface area is 350 Å². The highest BCUT2D eigenvalue weighted by Gasteiger charge is 2.57.